The van der Waals surface area contributed by atoms with Gasteiger partial charge < -0.3 is 14.9 Å². The molecule has 0 aromatic rings. The number of ketones is 2. The predicted molar refractivity (Wildman–Crippen MR) is 270 cm³/mol. The first-order valence-electron chi connectivity index (χ1n) is 27.0. The molecule has 1 atom stereocenters. The van der Waals surface area contributed by atoms with Crippen LogP contribution in [0.1, 0.15) is 271 Å². The predicted octanol–water partition coefficient (Wildman–Crippen LogP) is 16.5. The van der Waals surface area contributed by atoms with E-state index in [1.165, 1.54) is 109 Å². The van der Waals surface area contributed by atoms with E-state index in [1.54, 1.807) is 0 Å². The van der Waals surface area contributed by atoms with Crippen molar-refractivity contribution < 1.29 is 29.3 Å². The zero-order valence-corrected chi connectivity index (χ0v) is 41.7. The number of Topliss-reactive ketones (excluding diaryl/α,β-unsaturated/α-hetero) is 2. The molecule has 0 aromatic carbocycles. The van der Waals surface area contributed by atoms with Crippen LogP contribution in [0.15, 0.2) is 48.6 Å². The lowest BCUT2D eigenvalue weighted by Gasteiger charge is -2.29. The van der Waals surface area contributed by atoms with Gasteiger partial charge in [-0.3, -0.25) is 14.4 Å². The van der Waals surface area contributed by atoms with Crippen molar-refractivity contribution in [1.82, 2.24) is 0 Å². The third-order valence-corrected chi connectivity index (χ3v) is 12.5. The lowest BCUT2D eigenvalue weighted by Crippen LogP contribution is -2.48. The Balaban J connectivity index is 5.26. The minimum atomic E-state index is -1.85. The Kier molecular flexibility index (Phi) is 45.9. The highest BCUT2D eigenvalue weighted by atomic mass is 16.5. The summed E-state index contributed by atoms with van der Waals surface area (Å²) in [5, 5.41) is 19.5. The number of hydrogen-bond donors (Lipinski definition) is 2. The molecule has 0 bridgehead atoms. The summed E-state index contributed by atoms with van der Waals surface area (Å²) in [6, 6.07) is 0. The van der Waals surface area contributed by atoms with Gasteiger partial charge in [0.05, 0.1) is 6.61 Å². The monoisotopic (exact) mass is 883 g/mol. The number of allylic oxidation sites excluding steroid dienone is 8. The topological polar surface area (TPSA) is 101 Å². The minimum Gasteiger partial charge on any atom is -0.462 e. The zero-order chi connectivity index (χ0) is 46.2. The van der Waals surface area contributed by atoms with Crippen molar-refractivity contribution >= 4 is 17.5 Å². The van der Waals surface area contributed by atoms with Crippen LogP contribution in [0.3, 0.4) is 0 Å². The number of unbranched alkanes of at least 4 members (excludes halogenated alkanes) is 29. The van der Waals surface area contributed by atoms with Crippen LogP contribution >= 0.6 is 0 Å². The van der Waals surface area contributed by atoms with E-state index in [2.05, 4.69) is 69.4 Å². The van der Waals surface area contributed by atoms with Crippen molar-refractivity contribution in [2.45, 2.75) is 277 Å². The maximum absolute atomic E-state index is 14.3. The Morgan fingerprint density at radius 3 is 1.11 bits per heavy atom. The number of aliphatic hydroxyl groups is 2. The molecular weight excluding hydrogens is 781 g/mol. The van der Waals surface area contributed by atoms with Gasteiger partial charge in [-0.25, -0.2) is 0 Å². The number of esters is 1. The van der Waals surface area contributed by atoms with Gasteiger partial charge in [0.25, 0.3) is 0 Å². The second-order valence-corrected chi connectivity index (χ2v) is 18.5. The van der Waals surface area contributed by atoms with E-state index in [0.29, 0.717) is 19.3 Å². The fourth-order valence-corrected chi connectivity index (χ4v) is 8.28. The number of aliphatic hydroxyl groups excluding tert-OH is 2. The number of rotatable bonds is 49. The maximum atomic E-state index is 14.3. The average Bonchev–Trinajstić information content (AvgIpc) is 3.29. The highest BCUT2D eigenvalue weighted by Gasteiger charge is 2.51. The van der Waals surface area contributed by atoms with Gasteiger partial charge in [-0.15, -0.1) is 0 Å². The van der Waals surface area contributed by atoms with Crippen LogP contribution in [0.4, 0.5) is 0 Å². The van der Waals surface area contributed by atoms with Crippen LogP contribution in [0, 0.1) is 5.41 Å². The van der Waals surface area contributed by atoms with E-state index < -0.39 is 30.7 Å². The highest BCUT2D eigenvalue weighted by molar-refractivity contribution is 6.22. The van der Waals surface area contributed by atoms with Crippen LogP contribution in [0.2, 0.25) is 0 Å². The van der Waals surface area contributed by atoms with Gasteiger partial charge in [0.1, 0.15) is 12.7 Å². The number of hydrogen-bond acceptors (Lipinski definition) is 6. The molecule has 0 rings (SSSR count). The smallest absolute Gasteiger partial charge is 0.327 e. The minimum absolute atomic E-state index is 0.146. The van der Waals surface area contributed by atoms with Gasteiger partial charge >= 0.3 is 5.97 Å². The van der Waals surface area contributed by atoms with E-state index in [4.69, 9.17) is 4.74 Å². The molecule has 2 N–H and O–H groups in total. The van der Waals surface area contributed by atoms with Gasteiger partial charge in [0.2, 0.25) is 0 Å². The van der Waals surface area contributed by atoms with Gasteiger partial charge in [0, 0.05) is 12.8 Å². The molecule has 6 nitrogen and oxygen atoms in total. The molecule has 0 saturated heterocycles. The summed E-state index contributed by atoms with van der Waals surface area (Å²) in [4.78, 5) is 42.5. The molecule has 0 spiro atoms. The molecule has 0 aromatic heterocycles. The van der Waals surface area contributed by atoms with Crippen molar-refractivity contribution in [3.8, 4) is 0 Å². The summed E-state index contributed by atoms with van der Waals surface area (Å²) in [5.41, 5.74) is -1.85. The Bertz CT molecular complexity index is 1100. The van der Waals surface area contributed by atoms with Gasteiger partial charge in [-0.1, -0.05) is 204 Å². The number of carbonyl (C=O) groups is 3. The molecule has 0 radical (unpaired) electrons. The largest absolute Gasteiger partial charge is 0.462 e. The van der Waals surface area contributed by atoms with Crippen LogP contribution in [-0.2, 0) is 19.1 Å². The molecule has 0 aliphatic carbocycles. The summed E-state index contributed by atoms with van der Waals surface area (Å²) in [5.74, 6) is -1.49. The van der Waals surface area contributed by atoms with E-state index in [-0.39, 0.29) is 30.8 Å². The summed E-state index contributed by atoms with van der Waals surface area (Å²) in [6.07, 6.45) is 57.7. The normalized spacial score (nSPS) is 13.5. The van der Waals surface area contributed by atoms with Crippen LogP contribution in [0.25, 0.3) is 0 Å². The molecule has 1 unspecified atom stereocenters. The summed E-state index contributed by atoms with van der Waals surface area (Å²) in [6.45, 7) is 5.75. The Morgan fingerprint density at radius 2 is 0.730 bits per heavy atom. The summed E-state index contributed by atoms with van der Waals surface area (Å²) < 4.78 is 5.51. The standard InChI is InChI=1S/C57H102O6/c1-4-7-10-13-16-19-22-25-28-30-33-36-39-42-45-48-54(60)57(56(62)63-52-53(59)51-58,50-47-44-41-38-35-32-27-24-21-18-15-12-9-6-3)55(61)49-46-43-40-37-34-31-29-26-23-20-17-14-11-8-5-2/h18,21,25-29,32,53,58-59H,4-17,19-20,22-24,30-31,33-52H2,1-3H3. The average molecular weight is 883 g/mol. The molecule has 0 fully saturated rings. The van der Waals surface area contributed by atoms with Gasteiger partial charge in [-0.2, -0.15) is 0 Å². The van der Waals surface area contributed by atoms with Gasteiger partial charge in [-0.05, 0) is 103 Å². The first-order chi connectivity index (χ1) is 30.9. The maximum Gasteiger partial charge on any atom is 0.327 e. The second kappa shape index (κ2) is 47.6. The Labute approximate surface area is 390 Å². The molecule has 0 saturated carbocycles. The molecule has 0 amide bonds. The fraction of sp³-hybridized carbons (Fsp3) is 0.807. The third kappa shape index (κ3) is 36.6. The van der Waals surface area contributed by atoms with E-state index in [1.807, 2.05) is 0 Å². The Hall–Kier alpha value is -2.31. The Morgan fingerprint density at radius 1 is 0.429 bits per heavy atom. The van der Waals surface area contributed by atoms with Crippen molar-refractivity contribution in [1.29, 1.82) is 0 Å². The molecule has 0 heterocycles. The third-order valence-electron chi connectivity index (χ3n) is 12.5. The van der Waals surface area contributed by atoms with Crippen molar-refractivity contribution in [3.63, 3.8) is 0 Å². The molecule has 366 valence electrons. The lowest BCUT2D eigenvalue weighted by atomic mass is 9.72. The zero-order valence-electron chi connectivity index (χ0n) is 41.7. The van der Waals surface area contributed by atoms with Crippen LogP contribution in [-0.4, -0.2) is 47.1 Å². The van der Waals surface area contributed by atoms with E-state index in [9.17, 15) is 24.6 Å². The van der Waals surface area contributed by atoms with Crippen LogP contribution < -0.4 is 0 Å². The van der Waals surface area contributed by atoms with E-state index in [0.717, 1.165) is 103 Å². The molecule has 63 heavy (non-hydrogen) atoms. The number of carbonyl (C=O) groups excluding carboxylic acids is 3. The van der Waals surface area contributed by atoms with Gasteiger partial charge in [0.15, 0.2) is 17.0 Å². The second-order valence-electron chi connectivity index (χ2n) is 18.5. The summed E-state index contributed by atoms with van der Waals surface area (Å²) in [7, 11) is 0. The van der Waals surface area contributed by atoms with E-state index >= 15 is 0 Å². The van der Waals surface area contributed by atoms with Crippen molar-refractivity contribution in [2.75, 3.05) is 13.2 Å². The molecule has 6 heteroatoms. The summed E-state index contributed by atoms with van der Waals surface area (Å²) >= 11 is 0. The lowest BCUT2D eigenvalue weighted by molar-refractivity contribution is -0.168. The van der Waals surface area contributed by atoms with Crippen molar-refractivity contribution in [3.05, 3.63) is 48.6 Å². The first kappa shape index (κ1) is 60.7. The fourth-order valence-electron chi connectivity index (χ4n) is 8.28. The van der Waals surface area contributed by atoms with Crippen LogP contribution in [0.5, 0.6) is 0 Å². The molecular formula is C57H102O6. The quantitative estimate of drug-likeness (QED) is 0.0273. The number of ether oxygens (including phenoxy) is 1. The molecule has 0 aliphatic rings. The highest BCUT2D eigenvalue weighted by Crippen LogP contribution is 2.34. The van der Waals surface area contributed by atoms with Crippen molar-refractivity contribution in [2.24, 2.45) is 5.41 Å². The first-order valence-corrected chi connectivity index (χ1v) is 27.0. The molecule has 0 aliphatic heterocycles. The SMILES string of the molecule is CCCCCC=CCC=CCCCCCCC(C(=O)CCCCCCCC=CCCCCCCCC)(C(=O)CCCCCCCC=CCCCCCCCC)C(=O)OCC(O)CO.